The van der Waals surface area contributed by atoms with Crippen LogP contribution in [0.5, 0.6) is 0 Å². The molecule has 0 fully saturated rings. The highest BCUT2D eigenvalue weighted by Crippen LogP contribution is 2.28. The van der Waals surface area contributed by atoms with Crippen molar-refractivity contribution in [2.45, 2.75) is 32.0 Å². The van der Waals surface area contributed by atoms with Crippen LogP contribution in [0.15, 0.2) is 65.3 Å². The van der Waals surface area contributed by atoms with Crippen molar-refractivity contribution < 1.29 is 14.0 Å². The van der Waals surface area contributed by atoms with Crippen LogP contribution in [0.25, 0.3) is 0 Å². The van der Waals surface area contributed by atoms with E-state index in [4.69, 9.17) is 27.6 Å². The number of carbonyl (C=O) groups excluding carboxylic acids is 2. The number of fused-ring (bicyclic) bond motifs is 1. The number of furan rings is 1. The second-order valence-electron chi connectivity index (χ2n) is 7.30. The molecule has 0 spiro atoms. The van der Waals surface area contributed by atoms with E-state index in [2.05, 4.69) is 5.32 Å². The summed E-state index contributed by atoms with van der Waals surface area (Å²) in [4.78, 5) is 27.8. The zero-order valence-corrected chi connectivity index (χ0v) is 17.8. The number of amides is 2. The largest absolute Gasteiger partial charge is 0.459 e. The first-order chi connectivity index (χ1) is 14.4. The number of rotatable bonds is 4. The fourth-order valence-corrected chi connectivity index (χ4v) is 3.99. The summed E-state index contributed by atoms with van der Waals surface area (Å²) in [5.74, 6) is -0.329. The Morgan fingerprint density at radius 1 is 1.07 bits per heavy atom. The molecule has 2 amide bonds. The number of hydrogen-bond donors (Lipinski definition) is 1. The van der Waals surface area contributed by atoms with Crippen LogP contribution in [-0.4, -0.2) is 22.8 Å². The fourth-order valence-electron chi connectivity index (χ4n) is 3.69. The maximum absolute atomic E-state index is 13.2. The van der Waals surface area contributed by atoms with Crippen LogP contribution in [0.3, 0.4) is 0 Å². The smallest absolute Gasteiger partial charge is 0.290 e. The molecule has 0 saturated heterocycles. The summed E-state index contributed by atoms with van der Waals surface area (Å²) in [7, 11) is 0. The van der Waals surface area contributed by atoms with Crippen LogP contribution < -0.4 is 5.32 Å². The van der Waals surface area contributed by atoms with Gasteiger partial charge in [0.25, 0.3) is 5.91 Å². The van der Waals surface area contributed by atoms with E-state index in [1.165, 1.54) is 6.26 Å². The van der Waals surface area contributed by atoms with E-state index in [0.29, 0.717) is 23.0 Å². The first-order valence-electron chi connectivity index (χ1n) is 9.60. The predicted octanol–water partition coefficient (Wildman–Crippen LogP) is 5.03. The van der Waals surface area contributed by atoms with Gasteiger partial charge in [-0.05, 0) is 47.9 Å². The van der Waals surface area contributed by atoms with Crippen molar-refractivity contribution in [3.63, 3.8) is 0 Å². The van der Waals surface area contributed by atoms with E-state index < -0.39 is 6.04 Å². The number of hydrogen-bond acceptors (Lipinski definition) is 3. The van der Waals surface area contributed by atoms with Gasteiger partial charge < -0.3 is 14.6 Å². The van der Waals surface area contributed by atoms with E-state index >= 15 is 0 Å². The van der Waals surface area contributed by atoms with Gasteiger partial charge >= 0.3 is 0 Å². The number of nitrogens with zero attached hydrogens (tertiary/aromatic N) is 1. The van der Waals surface area contributed by atoms with Crippen molar-refractivity contribution >= 4 is 35.0 Å². The molecule has 1 N–H and O–H groups in total. The maximum atomic E-state index is 13.2. The summed E-state index contributed by atoms with van der Waals surface area (Å²) in [6, 6.07) is 15.4. The molecule has 2 aromatic carbocycles. The van der Waals surface area contributed by atoms with Gasteiger partial charge in [-0.3, -0.25) is 9.59 Å². The molecule has 2 heterocycles. The van der Waals surface area contributed by atoms with Crippen molar-refractivity contribution in [3.05, 3.63) is 93.4 Å². The Hall–Kier alpha value is -2.76. The molecule has 4 rings (SSSR count). The van der Waals surface area contributed by atoms with Crippen molar-refractivity contribution in [2.75, 3.05) is 0 Å². The SMILES string of the molecule is CC(NC(=O)C1Cc2ccccc2CN1C(=O)c1ccco1)c1ccc(Cl)c(Cl)c1. The third-order valence-electron chi connectivity index (χ3n) is 5.35. The van der Waals surface area contributed by atoms with Crippen LogP contribution in [0.1, 0.15) is 40.2 Å². The second-order valence-corrected chi connectivity index (χ2v) is 8.12. The summed E-state index contributed by atoms with van der Waals surface area (Å²) in [5.41, 5.74) is 2.92. The first kappa shape index (κ1) is 20.5. The van der Waals surface area contributed by atoms with Gasteiger partial charge in [0.2, 0.25) is 5.91 Å². The van der Waals surface area contributed by atoms with E-state index in [9.17, 15) is 9.59 Å². The Labute approximate surface area is 184 Å². The van der Waals surface area contributed by atoms with Gasteiger partial charge in [0.15, 0.2) is 5.76 Å². The number of carbonyl (C=O) groups is 2. The second kappa shape index (κ2) is 8.54. The molecule has 2 atom stereocenters. The molecule has 0 saturated carbocycles. The molecule has 0 radical (unpaired) electrons. The average Bonchev–Trinajstić information content (AvgIpc) is 3.29. The molecule has 3 aromatic rings. The van der Waals surface area contributed by atoms with Gasteiger partial charge in [0.05, 0.1) is 22.4 Å². The Kier molecular flexibility index (Phi) is 5.84. The highest BCUT2D eigenvalue weighted by Gasteiger charge is 2.36. The Balaban J connectivity index is 1.59. The predicted molar refractivity (Wildman–Crippen MR) is 116 cm³/mol. The highest BCUT2D eigenvalue weighted by molar-refractivity contribution is 6.42. The molecule has 1 aliphatic rings. The first-order valence-corrected chi connectivity index (χ1v) is 10.4. The fraction of sp³-hybridized carbons (Fsp3) is 0.217. The van der Waals surface area contributed by atoms with Crippen molar-refractivity contribution in [2.24, 2.45) is 0 Å². The molecule has 154 valence electrons. The number of nitrogens with one attached hydrogen (secondary N) is 1. The molecule has 0 bridgehead atoms. The average molecular weight is 443 g/mol. The van der Waals surface area contributed by atoms with Gasteiger partial charge in [-0.2, -0.15) is 0 Å². The van der Waals surface area contributed by atoms with Crippen LogP contribution in [-0.2, 0) is 17.8 Å². The standard InChI is InChI=1S/C23H20Cl2N2O3/c1-14(15-8-9-18(24)19(25)11-15)26-22(28)20-12-16-5-2-3-6-17(16)13-27(20)23(29)21-7-4-10-30-21/h2-11,14,20H,12-13H2,1H3,(H,26,28). The quantitative estimate of drug-likeness (QED) is 0.615. The summed E-state index contributed by atoms with van der Waals surface area (Å²) in [5, 5.41) is 3.89. The maximum Gasteiger partial charge on any atom is 0.290 e. The third kappa shape index (κ3) is 4.09. The van der Waals surface area contributed by atoms with Gasteiger partial charge in [-0.15, -0.1) is 0 Å². The van der Waals surface area contributed by atoms with Gasteiger partial charge in [-0.1, -0.05) is 53.5 Å². The van der Waals surface area contributed by atoms with Crippen molar-refractivity contribution in [3.8, 4) is 0 Å². The lowest BCUT2D eigenvalue weighted by Gasteiger charge is -2.36. The monoisotopic (exact) mass is 442 g/mol. The Morgan fingerprint density at radius 3 is 2.53 bits per heavy atom. The lowest BCUT2D eigenvalue weighted by molar-refractivity contribution is -0.126. The van der Waals surface area contributed by atoms with Gasteiger partial charge in [0.1, 0.15) is 6.04 Å². The molecular weight excluding hydrogens is 423 g/mol. The molecule has 5 nitrogen and oxygen atoms in total. The zero-order chi connectivity index (χ0) is 21.3. The molecule has 30 heavy (non-hydrogen) atoms. The highest BCUT2D eigenvalue weighted by atomic mass is 35.5. The number of halogens is 2. The minimum absolute atomic E-state index is 0.213. The van der Waals surface area contributed by atoms with Crippen LogP contribution in [0.4, 0.5) is 0 Å². The topological polar surface area (TPSA) is 62.6 Å². The minimum atomic E-state index is -0.650. The molecule has 0 aliphatic carbocycles. The summed E-state index contributed by atoms with van der Waals surface area (Å²) in [6.45, 7) is 2.21. The van der Waals surface area contributed by atoms with Gasteiger partial charge in [-0.25, -0.2) is 0 Å². The van der Waals surface area contributed by atoms with Crippen molar-refractivity contribution in [1.29, 1.82) is 0 Å². The Bertz CT molecular complexity index is 1080. The van der Waals surface area contributed by atoms with E-state index in [1.807, 2.05) is 37.3 Å². The van der Waals surface area contributed by atoms with Crippen LogP contribution in [0.2, 0.25) is 10.0 Å². The number of benzene rings is 2. The van der Waals surface area contributed by atoms with Crippen molar-refractivity contribution in [1.82, 2.24) is 10.2 Å². The van der Waals surface area contributed by atoms with E-state index in [0.717, 1.165) is 16.7 Å². The third-order valence-corrected chi connectivity index (χ3v) is 6.09. The van der Waals surface area contributed by atoms with Crippen LogP contribution in [0, 0.1) is 0 Å². The molecule has 1 aliphatic heterocycles. The molecule has 2 unspecified atom stereocenters. The zero-order valence-electron chi connectivity index (χ0n) is 16.3. The van der Waals surface area contributed by atoms with E-state index in [-0.39, 0.29) is 23.6 Å². The lowest BCUT2D eigenvalue weighted by Crippen LogP contribution is -2.52. The lowest BCUT2D eigenvalue weighted by atomic mass is 9.93. The molecule has 1 aromatic heterocycles. The molecule has 7 heteroatoms. The minimum Gasteiger partial charge on any atom is -0.459 e. The van der Waals surface area contributed by atoms with E-state index in [1.54, 1.807) is 29.2 Å². The summed E-state index contributed by atoms with van der Waals surface area (Å²) < 4.78 is 5.29. The van der Waals surface area contributed by atoms with Gasteiger partial charge in [0, 0.05) is 13.0 Å². The summed E-state index contributed by atoms with van der Waals surface area (Å²) >= 11 is 12.1. The Morgan fingerprint density at radius 2 is 1.83 bits per heavy atom. The van der Waals surface area contributed by atoms with Crippen LogP contribution >= 0.6 is 23.2 Å². The molecular formula is C23H20Cl2N2O3. The summed E-state index contributed by atoms with van der Waals surface area (Å²) in [6.07, 6.45) is 1.88. The normalized spacial score (nSPS) is 16.6.